The smallest absolute Gasteiger partial charge is 0.126 e. The van der Waals surface area contributed by atoms with Gasteiger partial charge < -0.3 is 5.32 Å². The fourth-order valence-electron chi connectivity index (χ4n) is 1.38. The molecule has 0 aromatic carbocycles. The Hall–Kier alpha value is -1.55. The normalized spacial score (nSPS) is 10.4. The lowest BCUT2D eigenvalue weighted by Gasteiger charge is -2.04. The molecule has 0 unspecified atom stereocenters. The summed E-state index contributed by atoms with van der Waals surface area (Å²) in [6.45, 7) is 2.76. The summed E-state index contributed by atoms with van der Waals surface area (Å²) in [6.07, 6.45) is 3.48. The van der Waals surface area contributed by atoms with E-state index in [0.717, 1.165) is 11.5 Å². The molecule has 2 aromatic heterocycles. The Morgan fingerprint density at radius 1 is 1.38 bits per heavy atom. The average Bonchev–Trinajstić information content (AvgIpc) is 2.60. The van der Waals surface area contributed by atoms with Crippen molar-refractivity contribution in [3.05, 3.63) is 40.8 Å². The number of nitrogens with zero attached hydrogens (tertiary/aromatic N) is 3. The van der Waals surface area contributed by atoms with E-state index >= 15 is 0 Å². The minimum absolute atomic E-state index is 0.642. The zero-order valence-electron chi connectivity index (χ0n) is 9.24. The van der Waals surface area contributed by atoms with Gasteiger partial charge in [0.05, 0.1) is 11.2 Å². The van der Waals surface area contributed by atoms with E-state index in [2.05, 4.69) is 15.4 Å². The van der Waals surface area contributed by atoms with Gasteiger partial charge in [0.25, 0.3) is 0 Å². The van der Waals surface area contributed by atoms with Crippen LogP contribution < -0.4 is 5.32 Å². The van der Waals surface area contributed by atoms with E-state index in [0.29, 0.717) is 11.6 Å². The molecule has 2 rings (SSSR count). The van der Waals surface area contributed by atoms with E-state index in [-0.39, 0.29) is 0 Å². The van der Waals surface area contributed by atoms with Gasteiger partial charge in [-0.25, -0.2) is 4.98 Å². The number of pyridine rings is 1. The quantitative estimate of drug-likeness (QED) is 0.890. The van der Waals surface area contributed by atoms with E-state index in [1.807, 2.05) is 37.0 Å². The van der Waals surface area contributed by atoms with Gasteiger partial charge in [0, 0.05) is 31.0 Å². The zero-order valence-corrected chi connectivity index (χ0v) is 9.99. The van der Waals surface area contributed by atoms with Gasteiger partial charge in [-0.3, -0.25) is 4.68 Å². The summed E-state index contributed by atoms with van der Waals surface area (Å²) in [6, 6.07) is 3.67. The summed E-state index contributed by atoms with van der Waals surface area (Å²) in [5.74, 6) is 0.813. The van der Waals surface area contributed by atoms with E-state index in [4.69, 9.17) is 11.6 Å². The lowest BCUT2D eigenvalue weighted by Crippen LogP contribution is -2.02. The third-order valence-corrected chi connectivity index (χ3v) is 2.75. The van der Waals surface area contributed by atoms with Crippen LogP contribution >= 0.6 is 11.6 Å². The molecular weight excluding hydrogens is 224 g/mol. The van der Waals surface area contributed by atoms with Gasteiger partial charge in [-0.2, -0.15) is 5.10 Å². The van der Waals surface area contributed by atoms with Crippen molar-refractivity contribution in [3.63, 3.8) is 0 Å². The van der Waals surface area contributed by atoms with Gasteiger partial charge in [0.1, 0.15) is 5.82 Å². The monoisotopic (exact) mass is 236 g/mol. The van der Waals surface area contributed by atoms with E-state index in [1.54, 1.807) is 6.20 Å². The van der Waals surface area contributed by atoms with Gasteiger partial charge in [-0.1, -0.05) is 11.6 Å². The second kappa shape index (κ2) is 4.53. The highest BCUT2D eigenvalue weighted by Gasteiger charge is 2.03. The molecule has 0 radical (unpaired) electrons. The van der Waals surface area contributed by atoms with Gasteiger partial charge in [0.15, 0.2) is 0 Å². The van der Waals surface area contributed by atoms with Gasteiger partial charge in [-0.05, 0) is 19.1 Å². The highest BCUT2D eigenvalue weighted by Crippen LogP contribution is 2.12. The minimum Gasteiger partial charge on any atom is -0.366 e. The predicted octanol–water partition coefficient (Wildman–Crippen LogP) is 2.39. The first-order valence-electron chi connectivity index (χ1n) is 4.99. The third-order valence-electron chi connectivity index (χ3n) is 2.52. The molecule has 0 spiro atoms. The Morgan fingerprint density at radius 3 is 2.75 bits per heavy atom. The highest BCUT2D eigenvalue weighted by atomic mass is 35.5. The molecule has 0 bridgehead atoms. The van der Waals surface area contributed by atoms with Crippen molar-refractivity contribution in [3.8, 4) is 0 Å². The molecule has 4 nitrogen and oxygen atoms in total. The molecule has 5 heteroatoms. The maximum absolute atomic E-state index is 5.75. The SMILES string of the molecule is Cc1c(CNc2ccc(Cl)cn2)cnn1C. The number of aromatic nitrogens is 3. The number of hydrogen-bond donors (Lipinski definition) is 1. The van der Waals surface area contributed by atoms with Crippen LogP contribution in [0.15, 0.2) is 24.5 Å². The molecule has 0 saturated heterocycles. The van der Waals surface area contributed by atoms with Crippen LogP contribution in [-0.4, -0.2) is 14.8 Å². The number of halogens is 1. The molecular formula is C11H13ClN4. The largest absolute Gasteiger partial charge is 0.366 e. The van der Waals surface area contributed by atoms with Crippen molar-refractivity contribution in [2.75, 3.05) is 5.32 Å². The van der Waals surface area contributed by atoms with Crippen LogP contribution in [0.2, 0.25) is 5.02 Å². The second-order valence-corrected chi connectivity index (χ2v) is 4.03. The first-order chi connectivity index (χ1) is 7.66. The Labute approximate surface area is 99.3 Å². The van der Waals surface area contributed by atoms with Crippen LogP contribution in [0.3, 0.4) is 0 Å². The molecule has 2 aromatic rings. The van der Waals surface area contributed by atoms with Crippen molar-refractivity contribution in [2.45, 2.75) is 13.5 Å². The predicted molar refractivity (Wildman–Crippen MR) is 64.5 cm³/mol. The minimum atomic E-state index is 0.642. The summed E-state index contributed by atoms with van der Waals surface area (Å²) < 4.78 is 1.85. The fraction of sp³-hybridized carbons (Fsp3) is 0.273. The standard InChI is InChI=1S/C11H13ClN4/c1-8-9(6-15-16(8)2)5-13-11-4-3-10(12)7-14-11/h3-4,6-7H,5H2,1-2H3,(H,13,14). The number of aryl methyl sites for hydroxylation is 1. The highest BCUT2D eigenvalue weighted by molar-refractivity contribution is 6.30. The molecule has 0 saturated carbocycles. The topological polar surface area (TPSA) is 42.7 Å². The average molecular weight is 237 g/mol. The molecule has 0 aliphatic carbocycles. The fourth-order valence-corrected chi connectivity index (χ4v) is 1.50. The number of anilines is 1. The van der Waals surface area contributed by atoms with Crippen molar-refractivity contribution in [2.24, 2.45) is 7.05 Å². The number of rotatable bonds is 3. The molecule has 16 heavy (non-hydrogen) atoms. The van der Waals surface area contributed by atoms with E-state index in [1.165, 1.54) is 5.56 Å². The molecule has 2 heterocycles. The molecule has 0 amide bonds. The summed E-state index contributed by atoms with van der Waals surface area (Å²) in [5.41, 5.74) is 2.32. The van der Waals surface area contributed by atoms with Gasteiger partial charge >= 0.3 is 0 Å². The van der Waals surface area contributed by atoms with Crippen molar-refractivity contribution in [1.82, 2.24) is 14.8 Å². The number of hydrogen-bond acceptors (Lipinski definition) is 3. The Balaban J connectivity index is 2.02. The molecule has 1 N–H and O–H groups in total. The summed E-state index contributed by atoms with van der Waals surface area (Å²) >= 11 is 5.75. The van der Waals surface area contributed by atoms with Gasteiger partial charge in [-0.15, -0.1) is 0 Å². The molecule has 0 aliphatic heterocycles. The van der Waals surface area contributed by atoms with Crippen molar-refractivity contribution >= 4 is 17.4 Å². The van der Waals surface area contributed by atoms with Crippen LogP contribution in [0, 0.1) is 6.92 Å². The van der Waals surface area contributed by atoms with E-state index in [9.17, 15) is 0 Å². The third kappa shape index (κ3) is 2.33. The Kier molecular flexibility index (Phi) is 3.10. The Bertz CT molecular complexity index is 475. The lowest BCUT2D eigenvalue weighted by molar-refractivity contribution is 0.738. The first-order valence-corrected chi connectivity index (χ1v) is 5.37. The van der Waals surface area contributed by atoms with Crippen LogP contribution in [0.1, 0.15) is 11.3 Å². The summed E-state index contributed by atoms with van der Waals surface area (Å²) in [4.78, 5) is 4.16. The summed E-state index contributed by atoms with van der Waals surface area (Å²) in [5, 5.41) is 8.04. The molecule has 0 atom stereocenters. The van der Waals surface area contributed by atoms with E-state index < -0.39 is 0 Å². The van der Waals surface area contributed by atoms with Crippen LogP contribution in [-0.2, 0) is 13.6 Å². The number of nitrogens with one attached hydrogen (secondary N) is 1. The zero-order chi connectivity index (χ0) is 11.5. The molecule has 84 valence electrons. The van der Waals surface area contributed by atoms with Gasteiger partial charge in [0.2, 0.25) is 0 Å². The molecule has 0 aliphatic rings. The van der Waals surface area contributed by atoms with Crippen LogP contribution in [0.5, 0.6) is 0 Å². The summed E-state index contributed by atoms with van der Waals surface area (Å²) in [7, 11) is 1.93. The van der Waals surface area contributed by atoms with Crippen LogP contribution in [0.4, 0.5) is 5.82 Å². The van der Waals surface area contributed by atoms with Crippen molar-refractivity contribution < 1.29 is 0 Å². The van der Waals surface area contributed by atoms with Crippen molar-refractivity contribution in [1.29, 1.82) is 0 Å². The molecule has 0 fully saturated rings. The maximum Gasteiger partial charge on any atom is 0.126 e. The van der Waals surface area contributed by atoms with Crippen LogP contribution in [0.25, 0.3) is 0 Å². The lowest BCUT2D eigenvalue weighted by atomic mass is 10.2. The Morgan fingerprint density at radius 2 is 2.19 bits per heavy atom. The maximum atomic E-state index is 5.75. The first kappa shape index (κ1) is 11.0. The second-order valence-electron chi connectivity index (χ2n) is 3.59.